The van der Waals surface area contributed by atoms with E-state index in [0.717, 1.165) is 0 Å². The van der Waals surface area contributed by atoms with Crippen LogP contribution in [-0.2, 0) is 20.7 Å². The Morgan fingerprint density at radius 1 is 1.30 bits per heavy atom. The highest BCUT2D eigenvalue weighted by atomic mass is 35.5. The Morgan fingerprint density at radius 2 is 2.05 bits per heavy atom. The summed E-state index contributed by atoms with van der Waals surface area (Å²) in [6.45, 7) is 0.330. The molecule has 0 aromatic heterocycles. The van der Waals surface area contributed by atoms with Gasteiger partial charge in [-0.15, -0.1) is 0 Å². The SMILES string of the molecule is O=C(Cc1ccc(Cl)c(Cl)c1)NC1COCC1C(=O)O. The third-order valence-corrected chi connectivity index (χ3v) is 3.83. The van der Waals surface area contributed by atoms with E-state index in [1.165, 1.54) is 0 Å². The first-order chi connectivity index (χ1) is 9.47. The summed E-state index contributed by atoms with van der Waals surface area (Å²) >= 11 is 11.7. The first-order valence-electron chi connectivity index (χ1n) is 6.01. The maximum Gasteiger partial charge on any atom is 0.311 e. The number of hydrogen-bond donors (Lipinski definition) is 2. The maximum absolute atomic E-state index is 11.9. The van der Waals surface area contributed by atoms with E-state index < -0.39 is 17.9 Å². The zero-order valence-electron chi connectivity index (χ0n) is 10.4. The molecule has 2 N–H and O–H groups in total. The summed E-state index contributed by atoms with van der Waals surface area (Å²) in [5.74, 6) is -1.94. The number of aliphatic carboxylic acids is 1. The molecule has 20 heavy (non-hydrogen) atoms. The van der Waals surface area contributed by atoms with Gasteiger partial charge in [-0.3, -0.25) is 9.59 Å². The molecule has 5 nitrogen and oxygen atoms in total. The van der Waals surface area contributed by atoms with E-state index in [0.29, 0.717) is 15.6 Å². The fraction of sp³-hybridized carbons (Fsp3) is 0.385. The molecule has 0 saturated carbocycles. The lowest BCUT2D eigenvalue weighted by Crippen LogP contribution is -2.43. The Hall–Kier alpha value is -1.30. The number of halogens is 2. The van der Waals surface area contributed by atoms with Crippen LogP contribution in [0.4, 0.5) is 0 Å². The number of hydrogen-bond acceptors (Lipinski definition) is 3. The summed E-state index contributed by atoms with van der Waals surface area (Å²) in [7, 11) is 0. The summed E-state index contributed by atoms with van der Waals surface area (Å²) in [5.41, 5.74) is 0.711. The van der Waals surface area contributed by atoms with Gasteiger partial charge in [-0.2, -0.15) is 0 Å². The number of carbonyl (C=O) groups excluding carboxylic acids is 1. The quantitative estimate of drug-likeness (QED) is 0.887. The number of amides is 1. The fourth-order valence-corrected chi connectivity index (χ4v) is 2.35. The molecule has 1 fully saturated rings. The topological polar surface area (TPSA) is 75.6 Å². The predicted octanol–water partition coefficient (Wildman–Crippen LogP) is 1.75. The van der Waals surface area contributed by atoms with Gasteiger partial charge in [-0.1, -0.05) is 29.3 Å². The Bertz CT molecular complexity index is 535. The minimum Gasteiger partial charge on any atom is -0.481 e. The van der Waals surface area contributed by atoms with Gasteiger partial charge in [0, 0.05) is 0 Å². The molecule has 1 aliphatic heterocycles. The first-order valence-corrected chi connectivity index (χ1v) is 6.77. The van der Waals surface area contributed by atoms with Crippen LogP contribution in [0.2, 0.25) is 10.0 Å². The third kappa shape index (κ3) is 3.62. The molecule has 1 saturated heterocycles. The monoisotopic (exact) mass is 317 g/mol. The van der Waals surface area contributed by atoms with E-state index in [-0.39, 0.29) is 25.5 Å². The van der Waals surface area contributed by atoms with Crippen molar-refractivity contribution in [2.75, 3.05) is 13.2 Å². The lowest BCUT2D eigenvalue weighted by Gasteiger charge is -2.15. The van der Waals surface area contributed by atoms with Crippen molar-refractivity contribution in [1.82, 2.24) is 5.32 Å². The van der Waals surface area contributed by atoms with Crippen LogP contribution in [0.5, 0.6) is 0 Å². The molecule has 1 aromatic rings. The second-order valence-corrected chi connectivity index (χ2v) is 5.40. The van der Waals surface area contributed by atoms with Gasteiger partial charge in [-0.05, 0) is 17.7 Å². The largest absolute Gasteiger partial charge is 0.481 e. The molecule has 0 radical (unpaired) electrons. The van der Waals surface area contributed by atoms with Crippen LogP contribution < -0.4 is 5.32 Å². The van der Waals surface area contributed by atoms with Crippen molar-refractivity contribution in [2.24, 2.45) is 5.92 Å². The van der Waals surface area contributed by atoms with Crippen molar-refractivity contribution in [3.8, 4) is 0 Å². The number of nitrogens with one attached hydrogen (secondary N) is 1. The normalized spacial score (nSPS) is 21.7. The molecule has 1 heterocycles. The number of carboxylic acid groups (broad SMARTS) is 1. The molecule has 2 unspecified atom stereocenters. The fourth-order valence-electron chi connectivity index (χ4n) is 2.03. The average molecular weight is 318 g/mol. The van der Waals surface area contributed by atoms with Crippen LogP contribution in [0.25, 0.3) is 0 Å². The molecule has 1 aliphatic rings. The van der Waals surface area contributed by atoms with E-state index in [9.17, 15) is 9.59 Å². The number of benzene rings is 1. The van der Waals surface area contributed by atoms with Gasteiger partial charge < -0.3 is 15.2 Å². The number of carboxylic acids is 1. The molecule has 108 valence electrons. The highest BCUT2D eigenvalue weighted by Crippen LogP contribution is 2.23. The first kappa shape index (κ1) is 15.1. The zero-order chi connectivity index (χ0) is 14.7. The number of ether oxygens (including phenoxy) is 1. The molecule has 2 rings (SSSR count). The Morgan fingerprint density at radius 3 is 2.70 bits per heavy atom. The molecule has 2 atom stereocenters. The van der Waals surface area contributed by atoms with Gasteiger partial charge in [0.1, 0.15) is 5.92 Å². The average Bonchev–Trinajstić information content (AvgIpc) is 2.82. The number of rotatable bonds is 4. The summed E-state index contributed by atoms with van der Waals surface area (Å²) in [4.78, 5) is 22.9. The summed E-state index contributed by atoms with van der Waals surface area (Å²) in [5, 5.41) is 12.5. The highest BCUT2D eigenvalue weighted by Gasteiger charge is 2.34. The predicted molar refractivity (Wildman–Crippen MR) is 74.0 cm³/mol. The second kappa shape index (κ2) is 6.43. The van der Waals surface area contributed by atoms with Crippen LogP contribution in [0.3, 0.4) is 0 Å². The summed E-state index contributed by atoms with van der Waals surface area (Å²) in [6, 6.07) is 4.44. The van der Waals surface area contributed by atoms with Crippen LogP contribution in [-0.4, -0.2) is 36.2 Å². The van der Waals surface area contributed by atoms with Gasteiger partial charge >= 0.3 is 5.97 Å². The van der Waals surface area contributed by atoms with Crippen molar-refractivity contribution in [3.63, 3.8) is 0 Å². The van der Waals surface area contributed by atoms with Crippen LogP contribution in [0.1, 0.15) is 5.56 Å². The summed E-state index contributed by atoms with van der Waals surface area (Å²) < 4.78 is 5.08. The smallest absolute Gasteiger partial charge is 0.311 e. The van der Waals surface area contributed by atoms with Gasteiger partial charge in [0.05, 0.1) is 35.7 Å². The highest BCUT2D eigenvalue weighted by molar-refractivity contribution is 6.42. The summed E-state index contributed by atoms with van der Waals surface area (Å²) in [6.07, 6.45) is 0.111. The molecule has 1 amide bonds. The Kier molecular flexibility index (Phi) is 4.86. The van der Waals surface area contributed by atoms with Crippen molar-refractivity contribution < 1.29 is 19.4 Å². The molecule has 0 bridgehead atoms. The van der Waals surface area contributed by atoms with Crippen LogP contribution in [0.15, 0.2) is 18.2 Å². The minimum absolute atomic E-state index is 0.111. The van der Waals surface area contributed by atoms with E-state index in [1.807, 2.05) is 0 Å². The van der Waals surface area contributed by atoms with Gasteiger partial charge in [0.2, 0.25) is 5.91 Å². The molecule has 0 aliphatic carbocycles. The van der Waals surface area contributed by atoms with Gasteiger partial charge in [0.25, 0.3) is 0 Å². The van der Waals surface area contributed by atoms with Gasteiger partial charge in [0.15, 0.2) is 0 Å². The lowest BCUT2D eigenvalue weighted by molar-refractivity contribution is -0.142. The van der Waals surface area contributed by atoms with E-state index >= 15 is 0 Å². The van der Waals surface area contributed by atoms with Crippen molar-refractivity contribution >= 4 is 35.1 Å². The van der Waals surface area contributed by atoms with Crippen molar-refractivity contribution in [3.05, 3.63) is 33.8 Å². The Labute approximate surface area is 125 Å². The Balaban J connectivity index is 1.95. The molecule has 1 aromatic carbocycles. The molecule has 0 spiro atoms. The van der Waals surface area contributed by atoms with Crippen LogP contribution in [0, 0.1) is 5.92 Å². The molecular weight excluding hydrogens is 305 g/mol. The van der Waals surface area contributed by atoms with E-state index in [1.54, 1.807) is 18.2 Å². The molecule has 7 heteroatoms. The molecular formula is C13H13Cl2NO4. The minimum atomic E-state index is -0.970. The third-order valence-electron chi connectivity index (χ3n) is 3.09. The number of carbonyl (C=O) groups is 2. The maximum atomic E-state index is 11.9. The van der Waals surface area contributed by atoms with E-state index in [4.69, 9.17) is 33.0 Å². The van der Waals surface area contributed by atoms with Crippen LogP contribution >= 0.6 is 23.2 Å². The van der Waals surface area contributed by atoms with E-state index in [2.05, 4.69) is 5.32 Å². The standard InChI is InChI=1S/C13H13Cl2NO4/c14-9-2-1-7(3-10(9)15)4-12(17)16-11-6-20-5-8(11)13(18)19/h1-3,8,11H,4-6H2,(H,16,17)(H,18,19). The van der Waals surface area contributed by atoms with Crippen molar-refractivity contribution in [1.29, 1.82) is 0 Å². The zero-order valence-corrected chi connectivity index (χ0v) is 11.9. The second-order valence-electron chi connectivity index (χ2n) is 4.58. The lowest BCUT2D eigenvalue weighted by atomic mass is 10.0. The van der Waals surface area contributed by atoms with Gasteiger partial charge in [-0.25, -0.2) is 0 Å². The van der Waals surface area contributed by atoms with Crippen molar-refractivity contribution in [2.45, 2.75) is 12.5 Å².